The Morgan fingerprint density at radius 3 is 2.50 bits per heavy atom. The van der Waals surface area contributed by atoms with E-state index in [1.807, 2.05) is 30.3 Å². The van der Waals surface area contributed by atoms with Gasteiger partial charge in [0.15, 0.2) is 0 Å². The van der Waals surface area contributed by atoms with Crippen molar-refractivity contribution in [1.82, 2.24) is 14.7 Å². The number of benzene rings is 2. The van der Waals surface area contributed by atoms with Gasteiger partial charge in [-0.1, -0.05) is 35.5 Å². The molecule has 0 unspecified atom stereocenters. The van der Waals surface area contributed by atoms with Crippen molar-refractivity contribution >= 4 is 17.6 Å². The number of phenolic OH excluding ortho intramolecular Hbond substituents is 1. The van der Waals surface area contributed by atoms with E-state index in [1.165, 1.54) is 18.3 Å². The molecule has 0 aliphatic carbocycles. The van der Waals surface area contributed by atoms with E-state index in [0.717, 1.165) is 5.56 Å². The number of rotatable bonds is 8. The Hall–Kier alpha value is -4.40. The Kier molecular flexibility index (Phi) is 5.98. The number of carboxylic acid groups (broad SMARTS) is 1. The molecule has 0 radical (unpaired) electrons. The lowest BCUT2D eigenvalue weighted by molar-refractivity contribution is -0.116. The molecule has 4 aromatic rings. The van der Waals surface area contributed by atoms with E-state index in [4.69, 9.17) is 4.52 Å². The third kappa shape index (κ3) is 5.01. The normalized spacial score (nSPS) is 10.8. The topological polar surface area (TPSA) is 130 Å². The molecule has 0 atom stereocenters. The summed E-state index contributed by atoms with van der Waals surface area (Å²) in [6.07, 6.45) is 3.33. The summed E-state index contributed by atoms with van der Waals surface area (Å²) in [7, 11) is 0. The molecule has 1 amide bonds. The predicted molar refractivity (Wildman–Crippen MR) is 115 cm³/mol. The number of aromatic hydroxyl groups is 1. The fourth-order valence-corrected chi connectivity index (χ4v) is 3.18. The lowest BCUT2D eigenvalue weighted by Gasteiger charge is -2.04. The van der Waals surface area contributed by atoms with Gasteiger partial charge in [0.2, 0.25) is 17.6 Å². The molecular formula is C23H20N4O5. The van der Waals surface area contributed by atoms with Crippen LogP contribution in [0.5, 0.6) is 5.75 Å². The first-order valence-corrected chi connectivity index (χ1v) is 9.87. The van der Waals surface area contributed by atoms with Gasteiger partial charge in [-0.25, -0.2) is 4.79 Å². The first kappa shape index (κ1) is 20.9. The van der Waals surface area contributed by atoms with Crippen molar-refractivity contribution in [1.29, 1.82) is 0 Å². The number of aromatic nitrogens is 3. The Morgan fingerprint density at radius 2 is 1.78 bits per heavy atom. The van der Waals surface area contributed by atoms with Crippen LogP contribution in [0.15, 0.2) is 71.5 Å². The number of aromatic carboxylic acids is 1. The van der Waals surface area contributed by atoms with Crippen LogP contribution in [0.25, 0.3) is 11.4 Å². The molecule has 9 nitrogen and oxygen atoms in total. The van der Waals surface area contributed by atoms with Gasteiger partial charge in [0, 0.05) is 37.3 Å². The molecule has 32 heavy (non-hydrogen) atoms. The van der Waals surface area contributed by atoms with E-state index in [9.17, 15) is 19.8 Å². The van der Waals surface area contributed by atoms with Crippen molar-refractivity contribution < 1.29 is 24.3 Å². The first-order valence-electron chi connectivity index (χ1n) is 9.87. The van der Waals surface area contributed by atoms with E-state index in [1.54, 1.807) is 22.9 Å². The number of aryl methyl sites for hydroxylation is 1. The number of carbonyl (C=O) groups excluding carboxylic acids is 1. The largest absolute Gasteiger partial charge is 0.508 e. The van der Waals surface area contributed by atoms with Crippen LogP contribution in [0.3, 0.4) is 0 Å². The Labute approximate surface area is 182 Å². The molecule has 9 heteroatoms. The average molecular weight is 432 g/mol. The van der Waals surface area contributed by atoms with Crippen LogP contribution in [0.2, 0.25) is 0 Å². The smallest absolute Gasteiger partial charge is 0.339 e. The Balaban J connectivity index is 1.38. The van der Waals surface area contributed by atoms with Gasteiger partial charge in [-0.05, 0) is 29.8 Å². The first-order chi connectivity index (χ1) is 15.5. The van der Waals surface area contributed by atoms with Crippen LogP contribution in [0.4, 0.5) is 5.69 Å². The van der Waals surface area contributed by atoms with Gasteiger partial charge in [-0.15, -0.1) is 0 Å². The van der Waals surface area contributed by atoms with Gasteiger partial charge in [0.25, 0.3) is 0 Å². The van der Waals surface area contributed by atoms with Crippen LogP contribution < -0.4 is 5.32 Å². The number of hydrogen-bond acceptors (Lipinski definition) is 6. The summed E-state index contributed by atoms with van der Waals surface area (Å²) in [6.45, 7) is 0.485. The van der Waals surface area contributed by atoms with Crippen molar-refractivity contribution in [3.8, 4) is 17.1 Å². The summed E-state index contributed by atoms with van der Waals surface area (Å²) in [5, 5.41) is 25.4. The summed E-state index contributed by atoms with van der Waals surface area (Å²) in [4.78, 5) is 28.3. The summed E-state index contributed by atoms with van der Waals surface area (Å²) in [5.41, 5.74) is 1.93. The predicted octanol–water partition coefficient (Wildman–Crippen LogP) is 3.56. The van der Waals surface area contributed by atoms with Gasteiger partial charge in [0.05, 0.1) is 5.69 Å². The summed E-state index contributed by atoms with van der Waals surface area (Å²) in [5.74, 6) is -0.723. The monoisotopic (exact) mass is 432 g/mol. The minimum atomic E-state index is -1.12. The Bertz CT molecular complexity index is 1230. The molecule has 0 saturated carbocycles. The SMILES string of the molecule is O=C(CCc1nc(-c2ccc(O)cc2)no1)Nc1cn(Cc2ccccc2)cc1C(=O)O. The summed E-state index contributed by atoms with van der Waals surface area (Å²) >= 11 is 0. The zero-order chi connectivity index (χ0) is 22.5. The molecule has 3 N–H and O–H groups in total. The van der Waals surface area contributed by atoms with E-state index in [2.05, 4.69) is 15.5 Å². The van der Waals surface area contributed by atoms with Crippen LogP contribution in [0.1, 0.15) is 28.2 Å². The summed E-state index contributed by atoms with van der Waals surface area (Å²) < 4.78 is 6.90. The number of phenols is 1. The van der Waals surface area contributed by atoms with E-state index in [-0.39, 0.29) is 41.6 Å². The molecule has 0 bridgehead atoms. The number of amides is 1. The number of hydrogen-bond donors (Lipinski definition) is 3. The molecular weight excluding hydrogens is 412 g/mol. The number of carbonyl (C=O) groups is 2. The zero-order valence-electron chi connectivity index (χ0n) is 16.9. The van der Waals surface area contributed by atoms with Gasteiger partial charge in [-0.3, -0.25) is 4.79 Å². The average Bonchev–Trinajstić information content (AvgIpc) is 3.41. The Morgan fingerprint density at radius 1 is 1.03 bits per heavy atom. The van der Waals surface area contributed by atoms with Crippen molar-refractivity contribution in [2.75, 3.05) is 5.32 Å². The standard InChI is InChI=1S/C23H20N4O5/c28-17-8-6-16(7-9-17)22-25-21(32-26-22)11-10-20(29)24-19-14-27(13-18(19)23(30)31)12-15-4-2-1-3-5-15/h1-9,13-14,28H,10-12H2,(H,24,29)(H,30,31). The fraction of sp³-hybridized carbons (Fsp3) is 0.130. The summed E-state index contributed by atoms with van der Waals surface area (Å²) in [6, 6.07) is 15.9. The maximum atomic E-state index is 12.4. The molecule has 0 fully saturated rings. The second-order valence-corrected chi connectivity index (χ2v) is 7.16. The van der Waals surface area contributed by atoms with E-state index in [0.29, 0.717) is 17.9 Å². The minimum Gasteiger partial charge on any atom is -0.508 e. The van der Waals surface area contributed by atoms with E-state index < -0.39 is 5.97 Å². The quantitative estimate of drug-likeness (QED) is 0.388. The number of anilines is 1. The lowest BCUT2D eigenvalue weighted by Crippen LogP contribution is -2.14. The van der Waals surface area contributed by atoms with Crippen molar-refractivity contribution in [3.05, 3.63) is 84.0 Å². The van der Waals surface area contributed by atoms with Gasteiger partial charge < -0.3 is 24.6 Å². The molecule has 0 saturated heterocycles. The van der Waals surface area contributed by atoms with Crippen LogP contribution in [-0.4, -0.2) is 36.8 Å². The molecule has 0 aliphatic heterocycles. The van der Waals surface area contributed by atoms with E-state index >= 15 is 0 Å². The van der Waals surface area contributed by atoms with Gasteiger partial charge in [0.1, 0.15) is 11.3 Å². The van der Waals surface area contributed by atoms with Crippen molar-refractivity contribution in [2.45, 2.75) is 19.4 Å². The van der Waals surface area contributed by atoms with Crippen molar-refractivity contribution in [3.63, 3.8) is 0 Å². The minimum absolute atomic E-state index is 0.0155. The highest BCUT2D eigenvalue weighted by atomic mass is 16.5. The highest BCUT2D eigenvalue weighted by Crippen LogP contribution is 2.21. The number of nitrogens with one attached hydrogen (secondary N) is 1. The molecule has 2 aromatic carbocycles. The highest BCUT2D eigenvalue weighted by Gasteiger charge is 2.17. The van der Waals surface area contributed by atoms with Crippen LogP contribution in [-0.2, 0) is 17.8 Å². The zero-order valence-corrected chi connectivity index (χ0v) is 16.9. The number of nitrogens with zero attached hydrogens (tertiary/aromatic N) is 3. The van der Waals surface area contributed by atoms with Crippen LogP contribution in [0, 0.1) is 0 Å². The third-order valence-corrected chi connectivity index (χ3v) is 4.75. The fourth-order valence-electron chi connectivity index (χ4n) is 3.18. The maximum absolute atomic E-state index is 12.4. The highest BCUT2D eigenvalue weighted by molar-refractivity contribution is 6.00. The molecule has 162 valence electrons. The molecule has 2 heterocycles. The molecule has 4 rings (SSSR count). The number of carboxylic acids is 1. The van der Waals surface area contributed by atoms with Crippen LogP contribution >= 0.6 is 0 Å². The molecule has 0 spiro atoms. The van der Waals surface area contributed by atoms with Crippen molar-refractivity contribution in [2.24, 2.45) is 0 Å². The molecule has 2 aromatic heterocycles. The van der Waals surface area contributed by atoms with Gasteiger partial charge in [-0.2, -0.15) is 4.98 Å². The van der Waals surface area contributed by atoms with Gasteiger partial charge >= 0.3 is 5.97 Å². The lowest BCUT2D eigenvalue weighted by atomic mass is 10.2. The maximum Gasteiger partial charge on any atom is 0.339 e. The molecule has 0 aliphatic rings. The second kappa shape index (κ2) is 9.17. The second-order valence-electron chi connectivity index (χ2n) is 7.16. The third-order valence-electron chi connectivity index (χ3n) is 4.75.